The number of nitrogens with zero attached hydrogens (tertiary/aromatic N) is 5. The number of hydrogen-bond acceptors (Lipinski definition) is 5. The van der Waals surface area contributed by atoms with E-state index in [0.717, 1.165) is 17.7 Å². The molecule has 0 bridgehead atoms. The SMILES string of the molecule is CN(C)c1noc(-c2cccc(Cn3ccnc3)c2)n1. The minimum absolute atomic E-state index is 0.529. The van der Waals surface area contributed by atoms with Gasteiger partial charge in [0.25, 0.3) is 11.8 Å². The molecule has 20 heavy (non-hydrogen) atoms. The lowest BCUT2D eigenvalue weighted by Crippen LogP contribution is -2.10. The van der Waals surface area contributed by atoms with E-state index in [4.69, 9.17) is 4.52 Å². The van der Waals surface area contributed by atoms with Crippen LogP contribution in [0.3, 0.4) is 0 Å². The first kappa shape index (κ1) is 12.4. The molecule has 0 aliphatic heterocycles. The lowest BCUT2D eigenvalue weighted by Gasteiger charge is -2.04. The van der Waals surface area contributed by atoms with Crippen molar-refractivity contribution in [2.24, 2.45) is 0 Å². The second-order valence-corrected chi connectivity index (χ2v) is 4.73. The predicted octanol–water partition coefficient (Wildman–Crippen LogP) is 2.05. The Labute approximate surface area is 116 Å². The van der Waals surface area contributed by atoms with Gasteiger partial charge in [0, 0.05) is 38.6 Å². The van der Waals surface area contributed by atoms with E-state index in [-0.39, 0.29) is 0 Å². The first-order chi connectivity index (χ1) is 9.72. The molecular weight excluding hydrogens is 254 g/mol. The van der Waals surface area contributed by atoms with Crippen molar-refractivity contribution >= 4 is 5.95 Å². The summed E-state index contributed by atoms with van der Waals surface area (Å²) >= 11 is 0. The number of anilines is 1. The molecule has 6 nitrogen and oxygen atoms in total. The van der Waals surface area contributed by atoms with Crippen molar-refractivity contribution in [1.29, 1.82) is 0 Å². The van der Waals surface area contributed by atoms with E-state index in [1.165, 1.54) is 0 Å². The minimum Gasteiger partial charge on any atom is -0.344 e. The maximum Gasteiger partial charge on any atom is 0.265 e. The highest BCUT2D eigenvalue weighted by Gasteiger charge is 2.10. The number of aromatic nitrogens is 4. The standard InChI is InChI=1S/C14H15N5O/c1-18(2)14-16-13(20-17-14)12-5-3-4-11(8-12)9-19-7-6-15-10-19/h3-8,10H,9H2,1-2H3. The van der Waals surface area contributed by atoms with Crippen LogP contribution >= 0.6 is 0 Å². The van der Waals surface area contributed by atoms with Crippen molar-refractivity contribution in [2.45, 2.75) is 6.54 Å². The Kier molecular flexibility index (Phi) is 3.20. The maximum absolute atomic E-state index is 5.28. The fourth-order valence-corrected chi connectivity index (χ4v) is 1.91. The van der Waals surface area contributed by atoms with Gasteiger partial charge in [-0.25, -0.2) is 4.98 Å². The molecule has 0 amide bonds. The van der Waals surface area contributed by atoms with Crippen molar-refractivity contribution < 1.29 is 4.52 Å². The molecule has 3 aromatic rings. The summed E-state index contributed by atoms with van der Waals surface area (Å²) in [6.45, 7) is 0.766. The van der Waals surface area contributed by atoms with Crippen LogP contribution in [0.15, 0.2) is 47.5 Å². The molecule has 6 heteroatoms. The van der Waals surface area contributed by atoms with Crippen LogP contribution in [-0.4, -0.2) is 33.8 Å². The van der Waals surface area contributed by atoms with E-state index in [1.807, 2.05) is 48.0 Å². The highest BCUT2D eigenvalue weighted by atomic mass is 16.5. The summed E-state index contributed by atoms with van der Waals surface area (Å²) in [7, 11) is 3.76. The van der Waals surface area contributed by atoms with Crippen molar-refractivity contribution in [3.05, 3.63) is 48.5 Å². The molecule has 2 aromatic heterocycles. The Morgan fingerprint density at radius 2 is 2.20 bits per heavy atom. The predicted molar refractivity (Wildman–Crippen MR) is 75.4 cm³/mol. The highest BCUT2D eigenvalue weighted by Crippen LogP contribution is 2.21. The monoisotopic (exact) mass is 269 g/mol. The van der Waals surface area contributed by atoms with Gasteiger partial charge in [0.2, 0.25) is 0 Å². The maximum atomic E-state index is 5.28. The molecule has 0 aliphatic rings. The van der Waals surface area contributed by atoms with Gasteiger partial charge in [-0.3, -0.25) is 0 Å². The van der Waals surface area contributed by atoms with Gasteiger partial charge in [-0.1, -0.05) is 12.1 Å². The fourth-order valence-electron chi connectivity index (χ4n) is 1.91. The molecule has 0 radical (unpaired) electrons. The van der Waals surface area contributed by atoms with E-state index in [1.54, 1.807) is 12.5 Å². The third-order valence-corrected chi connectivity index (χ3v) is 2.91. The molecule has 2 heterocycles. The van der Waals surface area contributed by atoms with Gasteiger partial charge in [-0.15, -0.1) is 0 Å². The molecule has 0 aliphatic carbocycles. The van der Waals surface area contributed by atoms with Gasteiger partial charge in [-0.05, 0) is 22.9 Å². The zero-order valence-corrected chi connectivity index (χ0v) is 11.4. The summed E-state index contributed by atoms with van der Waals surface area (Å²) in [5.41, 5.74) is 2.08. The first-order valence-electron chi connectivity index (χ1n) is 6.28. The average molecular weight is 269 g/mol. The average Bonchev–Trinajstić information content (AvgIpc) is 3.09. The van der Waals surface area contributed by atoms with Crippen LogP contribution in [0.4, 0.5) is 5.95 Å². The Hall–Kier alpha value is -2.63. The topological polar surface area (TPSA) is 60.0 Å². The molecule has 0 unspecified atom stereocenters. The second-order valence-electron chi connectivity index (χ2n) is 4.73. The Balaban J connectivity index is 1.86. The first-order valence-corrected chi connectivity index (χ1v) is 6.28. The quantitative estimate of drug-likeness (QED) is 0.725. The minimum atomic E-state index is 0.529. The van der Waals surface area contributed by atoms with Gasteiger partial charge in [0.05, 0.1) is 6.33 Å². The normalized spacial score (nSPS) is 10.7. The van der Waals surface area contributed by atoms with Crippen LogP contribution in [0.25, 0.3) is 11.5 Å². The van der Waals surface area contributed by atoms with Crippen LogP contribution in [0.2, 0.25) is 0 Å². The summed E-state index contributed by atoms with van der Waals surface area (Å²) < 4.78 is 7.29. The summed E-state index contributed by atoms with van der Waals surface area (Å²) in [4.78, 5) is 10.2. The van der Waals surface area contributed by atoms with E-state index >= 15 is 0 Å². The number of imidazole rings is 1. The highest BCUT2D eigenvalue weighted by molar-refractivity contribution is 5.55. The van der Waals surface area contributed by atoms with Gasteiger partial charge in [-0.2, -0.15) is 4.98 Å². The smallest absolute Gasteiger partial charge is 0.265 e. The van der Waals surface area contributed by atoms with Crippen molar-refractivity contribution in [3.8, 4) is 11.5 Å². The Morgan fingerprint density at radius 1 is 1.30 bits per heavy atom. The van der Waals surface area contributed by atoms with Crippen molar-refractivity contribution in [3.63, 3.8) is 0 Å². The molecule has 3 rings (SSSR count). The Bertz CT molecular complexity index is 687. The molecule has 102 valence electrons. The summed E-state index contributed by atoms with van der Waals surface area (Å²) in [6.07, 6.45) is 5.50. The zero-order chi connectivity index (χ0) is 13.9. The van der Waals surface area contributed by atoms with Crippen LogP contribution in [0.1, 0.15) is 5.56 Å². The van der Waals surface area contributed by atoms with Crippen LogP contribution in [-0.2, 0) is 6.54 Å². The lowest BCUT2D eigenvalue weighted by molar-refractivity contribution is 0.430. The van der Waals surface area contributed by atoms with Crippen molar-refractivity contribution in [2.75, 3.05) is 19.0 Å². The molecule has 0 saturated carbocycles. The molecule has 1 aromatic carbocycles. The van der Waals surface area contributed by atoms with Gasteiger partial charge in [0.1, 0.15) is 0 Å². The van der Waals surface area contributed by atoms with Crippen molar-refractivity contribution in [1.82, 2.24) is 19.7 Å². The lowest BCUT2D eigenvalue weighted by atomic mass is 10.1. The third-order valence-electron chi connectivity index (χ3n) is 2.91. The largest absolute Gasteiger partial charge is 0.344 e. The second kappa shape index (κ2) is 5.16. The fraction of sp³-hybridized carbons (Fsp3) is 0.214. The third kappa shape index (κ3) is 2.54. The van der Waals surface area contributed by atoms with Crippen LogP contribution in [0, 0.1) is 0 Å². The Morgan fingerprint density at radius 3 is 2.90 bits per heavy atom. The zero-order valence-electron chi connectivity index (χ0n) is 11.4. The summed E-state index contributed by atoms with van der Waals surface area (Å²) in [5, 5.41) is 3.92. The number of hydrogen-bond donors (Lipinski definition) is 0. The van der Waals surface area contributed by atoms with Crippen LogP contribution in [0.5, 0.6) is 0 Å². The van der Waals surface area contributed by atoms with Gasteiger partial charge in [0.15, 0.2) is 0 Å². The van der Waals surface area contributed by atoms with E-state index in [9.17, 15) is 0 Å². The molecular formula is C14H15N5O. The van der Waals surface area contributed by atoms with Gasteiger partial charge >= 0.3 is 0 Å². The molecule has 0 N–H and O–H groups in total. The summed E-state index contributed by atoms with van der Waals surface area (Å²) in [5.74, 6) is 1.10. The molecule has 0 spiro atoms. The van der Waals surface area contributed by atoms with E-state index in [0.29, 0.717) is 11.8 Å². The summed E-state index contributed by atoms with van der Waals surface area (Å²) in [6, 6.07) is 8.06. The van der Waals surface area contributed by atoms with Gasteiger partial charge < -0.3 is 14.0 Å². The molecule has 0 atom stereocenters. The number of rotatable bonds is 4. The van der Waals surface area contributed by atoms with E-state index in [2.05, 4.69) is 21.2 Å². The van der Waals surface area contributed by atoms with Crippen LogP contribution < -0.4 is 4.90 Å². The molecule has 0 fully saturated rings. The van der Waals surface area contributed by atoms with E-state index < -0.39 is 0 Å². The number of benzene rings is 1. The molecule has 0 saturated heterocycles.